The van der Waals surface area contributed by atoms with E-state index in [4.69, 9.17) is 27.9 Å². The predicted molar refractivity (Wildman–Crippen MR) is 152 cm³/mol. The van der Waals surface area contributed by atoms with Gasteiger partial charge in [-0.2, -0.15) is 0 Å². The molecule has 2 aromatic carbocycles. The highest BCUT2D eigenvalue weighted by atomic mass is 35.5. The second kappa shape index (κ2) is 14.0. The molecular formula is C28H37Cl2N5O4. The molecule has 4 rings (SSSR count). The van der Waals surface area contributed by atoms with Gasteiger partial charge < -0.3 is 19.9 Å². The van der Waals surface area contributed by atoms with Crippen molar-refractivity contribution in [1.29, 1.82) is 0 Å². The Morgan fingerprint density at radius 1 is 1.10 bits per heavy atom. The van der Waals surface area contributed by atoms with Gasteiger partial charge in [-0.05, 0) is 48.4 Å². The van der Waals surface area contributed by atoms with Crippen LogP contribution >= 0.6 is 23.2 Å². The van der Waals surface area contributed by atoms with Crippen molar-refractivity contribution in [3.8, 4) is 5.75 Å². The first-order chi connectivity index (χ1) is 18.6. The minimum atomic E-state index is -0.602. The highest BCUT2D eigenvalue weighted by Gasteiger charge is 2.50. The summed E-state index contributed by atoms with van der Waals surface area (Å²) in [6, 6.07) is 12.7. The van der Waals surface area contributed by atoms with Crippen LogP contribution in [0.2, 0.25) is 10.0 Å². The Morgan fingerprint density at radius 3 is 2.33 bits per heavy atom. The summed E-state index contributed by atoms with van der Waals surface area (Å²) in [4.78, 5) is 41.1. The number of hydrazine groups is 1. The molecule has 2 unspecified atom stereocenters. The summed E-state index contributed by atoms with van der Waals surface area (Å²) < 4.78 is 5.03. The molecule has 3 amide bonds. The van der Waals surface area contributed by atoms with E-state index in [1.165, 1.54) is 10.6 Å². The number of hydrogen-bond acceptors (Lipinski definition) is 6. The summed E-state index contributed by atoms with van der Waals surface area (Å²) in [6.45, 7) is 5.49. The monoisotopic (exact) mass is 577 g/mol. The number of piperazine rings is 1. The number of ether oxygens (including phenoxy) is 1. The molecule has 39 heavy (non-hydrogen) atoms. The Balaban J connectivity index is 0.000000320. The molecule has 0 saturated carbocycles. The van der Waals surface area contributed by atoms with Gasteiger partial charge in [0.05, 0.1) is 30.2 Å². The second-order valence-corrected chi connectivity index (χ2v) is 10.6. The quantitative estimate of drug-likeness (QED) is 0.482. The number of methoxy groups -OCH3 is 1. The van der Waals surface area contributed by atoms with Crippen LogP contribution in [0, 0.1) is 5.92 Å². The van der Waals surface area contributed by atoms with Crippen LogP contribution in [0.5, 0.6) is 5.75 Å². The largest absolute Gasteiger partial charge is 0.497 e. The van der Waals surface area contributed by atoms with Crippen molar-refractivity contribution in [3.05, 3.63) is 63.6 Å². The molecule has 0 radical (unpaired) electrons. The maximum atomic E-state index is 13.3. The lowest BCUT2D eigenvalue weighted by molar-refractivity contribution is -0.199. The molecule has 2 aromatic rings. The van der Waals surface area contributed by atoms with E-state index in [0.717, 1.165) is 24.3 Å². The lowest BCUT2D eigenvalue weighted by Gasteiger charge is -2.54. The van der Waals surface area contributed by atoms with E-state index in [-0.39, 0.29) is 30.8 Å². The number of fused-ring (bicyclic) bond motifs is 1. The number of carbonyl (C=O) groups excluding carboxylic acids is 3. The fraction of sp³-hybridized carbons (Fsp3) is 0.464. The van der Waals surface area contributed by atoms with Crippen LogP contribution in [0.1, 0.15) is 31.4 Å². The smallest absolute Gasteiger partial charge is 0.246 e. The van der Waals surface area contributed by atoms with E-state index in [2.05, 4.69) is 17.4 Å². The van der Waals surface area contributed by atoms with Crippen LogP contribution < -0.4 is 10.1 Å². The normalized spacial score (nSPS) is 20.2. The third-order valence-electron chi connectivity index (χ3n) is 7.11. The number of amides is 3. The third-order valence-corrected chi connectivity index (χ3v) is 7.85. The van der Waals surface area contributed by atoms with Gasteiger partial charge in [0, 0.05) is 20.1 Å². The molecule has 212 valence electrons. The van der Waals surface area contributed by atoms with Crippen LogP contribution in [0.15, 0.2) is 42.5 Å². The number of carbonyl (C=O) groups is 3. The minimum absolute atomic E-state index is 0.0348. The molecule has 3 atom stereocenters. The van der Waals surface area contributed by atoms with Crippen LogP contribution in [0.25, 0.3) is 0 Å². The van der Waals surface area contributed by atoms with E-state index in [1.807, 2.05) is 39.1 Å². The van der Waals surface area contributed by atoms with Gasteiger partial charge in [-0.25, -0.2) is 5.01 Å². The molecule has 0 aliphatic carbocycles. The molecule has 1 N–H and O–H groups in total. The van der Waals surface area contributed by atoms with E-state index in [9.17, 15) is 14.4 Å². The van der Waals surface area contributed by atoms with E-state index >= 15 is 0 Å². The molecule has 0 spiro atoms. The Morgan fingerprint density at radius 2 is 1.77 bits per heavy atom. The zero-order chi connectivity index (χ0) is 28.7. The van der Waals surface area contributed by atoms with Crippen LogP contribution in [-0.4, -0.2) is 84.5 Å². The first-order valence-electron chi connectivity index (χ1n) is 12.9. The van der Waals surface area contributed by atoms with Gasteiger partial charge in [0.1, 0.15) is 18.0 Å². The first-order valence-corrected chi connectivity index (χ1v) is 13.7. The number of likely N-dealkylation sites (N-methyl/N-ethyl adjacent to an activating group) is 1. The lowest BCUT2D eigenvalue weighted by atomic mass is 9.92. The molecule has 0 bridgehead atoms. The molecule has 0 aromatic heterocycles. The van der Waals surface area contributed by atoms with Crippen molar-refractivity contribution in [1.82, 2.24) is 25.1 Å². The lowest BCUT2D eigenvalue weighted by Crippen LogP contribution is -2.74. The van der Waals surface area contributed by atoms with Crippen molar-refractivity contribution < 1.29 is 19.1 Å². The van der Waals surface area contributed by atoms with Crippen LogP contribution in [0.4, 0.5) is 0 Å². The molecule has 2 aliphatic heterocycles. The fourth-order valence-corrected chi connectivity index (χ4v) is 5.15. The zero-order valence-electron chi connectivity index (χ0n) is 23.1. The van der Waals surface area contributed by atoms with Gasteiger partial charge in [0.15, 0.2) is 0 Å². The first kappa shape index (κ1) is 30.7. The van der Waals surface area contributed by atoms with Gasteiger partial charge in [-0.15, -0.1) is 0 Å². The Kier molecular flexibility index (Phi) is 11.0. The minimum Gasteiger partial charge on any atom is -0.497 e. The molecule has 11 heteroatoms. The van der Waals surface area contributed by atoms with Crippen LogP contribution in [0.3, 0.4) is 0 Å². The SMILES string of the molecule is CCC(C)[C@H]1C(=O)N(Cc2ccc(Cl)c(Cl)c2)CC2N1C(=O)CN(C)N2C=O.CNCc1ccc(OC)cc1. The summed E-state index contributed by atoms with van der Waals surface area (Å²) in [7, 11) is 5.30. The Hall–Kier alpha value is -2.85. The Labute approximate surface area is 240 Å². The van der Waals surface area contributed by atoms with Gasteiger partial charge >= 0.3 is 0 Å². The average Bonchev–Trinajstić information content (AvgIpc) is 2.92. The number of hydrogen-bond donors (Lipinski definition) is 1. The van der Waals surface area contributed by atoms with E-state index in [0.29, 0.717) is 23.0 Å². The van der Waals surface area contributed by atoms with Crippen LogP contribution in [-0.2, 0) is 27.5 Å². The van der Waals surface area contributed by atoms with Crippen molar-refractivity contribution in [2.75, 3.05) is 34.3 Å². The van der Waals surface area contributed by atoms with Gasteiger partial charge in [0.25, 0.3) is 0 Å². The highest BCUT2D eigenvalue weighted by molar-refractivity contribution is 6.42. The van der Waals surface area contributed by atoms with Gasteiger partial charge in [-0.3, -0.25) is 19.4 Å². The van der Waals surface area contributed by atoms with Crippen molar-refractivity contribution in [2.45, 2.75) is 45.6 Å². The predicted octanol–water partition coefficient (Wildman–Crippen LogP) is 3.64. The highest BCUT2D eigenvalue weighted by Crippen LogP contribution is 2.31. The summed E-state index contributed by atoms with van der Waals surface area (Å²) in [5, 5.41) is 7.04. The maximum absolute atomic E-state index is 13.3. The topological polar surface area (TPSA) is 85.4 Å². The number of rotatable bonds is 8. The molecule has 2 aliphatic rings. The fourth-order valence-electron chi connectivity index (χ4n) is 4.83. The number of benzene rings is 2. The van der Waals surface area contributed by atoms with Crippen molar-refractivity contribution >= 4 is 41.4 Å². The van der Waals surface area contributed by atoms with Crippen molar-refractivity contribution in [3.63, 3.8) is 0 Å². The molecular weight excluding hydrogens is 541 g/mol. The molecule has 9 nitrogen and oxygen atoms in total. The Bertz CT molecular complexity index is 1150. The number of nitrogens with zero attached hydrogens (tertiary/aromatic N) is 4. The van der Waals surface area contributed by atoms with Gasteiger partial charge in [0.2, 0.25) is 18.2 Å². The molecule has 2 fully saturated rings. The zero-order valence-corrected chi connectivity index (χ0v) is 24.6. The van der Waals surface area contributed by atoms with E-state index < -0.39 is 12.2 Å². The number of nitrogens with one attached hydrogen (secondary N) is 1. The summed E-state index contributed by atoms with van der Waals surface area (Å²) >= 11 is 12.1. The standard InChI is InChI=1S/C19H24Cl2N4O3.C9H13NO/c1-4-12(2)18-19(28)23(8-13-5-6-14(20)15(21)7-13)9-16-24(11-26)22(3)10-17(27)25(16)18;1-10-7-8-3-5-9(11-2)6-4-8/h5-7,11-12,16,18H,4,8-10H2,1-3H3;3-6,10H,7H2,1-2H3/t12?,16?,18-;/m0./s1. The van der Waals surface area contributed by atoms with Gasteiger partial charge in [-0.1, -0.05) is 61.7 Å². The van der Waals surface area contributed by atoms with E-state index in [1.54, 1.807) is 41.1 Å². The number of halogens is 2. The molecule has 2 saturated heterocycles. The van der Waals surface area contributed by atoms with Crippen molar-refractivity contribution in [2.24, 2.45) is 5.92 Å². The molecule has 2 heterocycles. The second-order valence-electron chi connectivity index (χ2n) is 9.76. The third kappa shape index (κ3) is 7.22. The summed E-state index contributed by atoms with van der Waals surface area (Å²) in [6.07, 6.45) is 0.929. The average molecular weight is 579 g/mol. The summed E-state index contributed by atoms with van der Waals surface area (Å²) in [5.74, 6) is 0.621. The summed E-state index contributed by atoms with van der Waals surface area (Å²) in [5.41, 5.74) is 2.11. The maximum Gasteiger partial charge on any atom is 0.246 e.